The Bertz CT molecular complexity index is 403. The van der Waals surface area contributed by atoms with Gasteiger partial charge in [0.15, 0.2) is 5.82 Å². The summed E-state index contributed by atoms with van der Waals surface area (Å²) in [5, 5.41) is 10.1. The van der Waals surface area contributed by atoms with Gasteiger partial charge in [0.25, 0.3) is 0 Å². The number of nitrogens with zero attached hydrogens (tertiary/aromatic N) is 1. The topological polar surface area (TPSA) is 57.8 Å². The fourth-order valence-corrected chi connectivity index (χ4v) is 2.75. The first-order valence-electron chi connectivity index (χ1n) is 6.69. The monoisotopic (exact) mass is 233 g/mol. The molecule has 4 nitrogen and oxygen atoms in total. The predicted octanol–water partition coefficient (Wildman–Crippen LogP) is 2.81. The Kier molecular flexibility index (Phi) is 2.87. The number of amides is 1. The molecule has 92 valence electrons. The number of carbonyl (C=O) groups excluding carboxylic acids is 1. The quantitative estimate of drug-likeness (QED) is 0.843. The molecule has 1 aromatic heterocycles. The second kappa shape index (κ2) is 4.51. The highest BCUT2D eigenvalue weighted by atomic mass is 16.1. The van der Waals surface area contributed by atoms with Crippen LogP contribution in [0.1, 0.15) is 56.6 Å². The SMILES string of the molecule is O=C(Nc1cc(C2CCC2)[nH]n1)C1CCCC1. The molecule has 2 N–H and O–H groups in total. The predicted molar refractivity (Wildman–Crippen MR) is 65.8 cm³/mol. The molecule has 2 saturated carbocycles. The summed E-state index contributed by atoms with van der Waals surface area (Å²) in [6, 6.07) is 2.00. The van der Waals surface area contributed by atoms with Gasteiger partial charge in [0, 0.05) is 23.6 Å². The fraction of sp³-hybridized carbons (Fsp3) is 0.692. The van der Waals surface area contributed by atoms with Crippen molar-refractivity contribution in [3.63, 3.8) is 0 Å². The van der Waals surface area contributed by atoms with E-state index >= 15 is 0 Å². The Morgan fingerprint density at radius 3 is 2.65 bits per heavy atom. The summed E-state index contributed by atoms with van der Waals surface area (Å²) < 4.78 is 0. The minimum Gasteiger partial charge on any atom is -0.309 e. The molecular formula is C13H19N3O. The molecule has 3 rings (SSSR count). The van der Waals surface area contributed by atoms with E-state index < -0.39 is 0 Å². The lowest BCUT2D eigenvalue weighted by molar-refractivity contribution is -0.119. The van der Waals surface area contributed by atoms with E-state index in [2.05, 4.69) is 15.5 Å². The summed E-state index contributed by atoms with van der Waals surface area (Å²) in [6.45, 7) is 0. The van der Waals surface area contributed by atoms with Gasteiger partial charge in [-0.3, -0.25) is 9.89 Å². The van der Waals surface area contributed by atoms with Gasteiger partial charge in [-0.2, -0.15) is 5.10 Å². The van der Waals surface area contributed by atoms with E-state index in [9.17, 15) is 4.79 Å². The van der Waals surface area contributed by atoms with Gasteiger partial charge in [-0.25, -0.2) is 0 Å². The van der Waals surface area contributed by atoms with Gasteiger partial charge in [0.05, 0.1) is 0 Å². The first-order chi connectivity index (χ1) is 8.33. The van der Waals surface area contributed by atoms with Crippen molar-refractivity contribution >= 4 is 11.7 Å². The van der Waals surface area contributed by atoms with Crippen LogP contribution in [0.4, 0.5) is 5.82 Å². The standard InChI is InChI=1S/C13H19N3O/c17-13(10-4-1-2-5-10)14-12-8-11(15-16-12)9-6-3-7-9/h8-10H,1-7H2,(H2,14,15,16,17). The molecule has 0 aliphatic heterocycles. The molecule has 0 radical (unpaired) electrons. The number of aromatic nitrogens is 2. The lowest BCUT2D eigenvalue weighted by Gasteiger charge is -2.23. The van der Waals surface area contributed by atoms with Crippen LogP contribution in [0.3, 0.4) is 0 Å². The van der Waals surface area contributed by atoms with Crippen molar-refractivity contribution in [1.29, 1.82) is 0 Å². The Morgan fingerprint density at radius 2 is 2.00 bits per heavy atom. The molecule has 0 atom stereocenters. The van der Waals surface area contributed by atoms with Crippen molar-refractivity contribution in [2.75, 3.05) is 5.32 Å². The second-order valence-electron chi connectivity index (χ2n) is 5.31. The van der Waals surface area contributed by atoms with Crippen molar-refractivity contribution < 1.29 is 4.79 Å². The van der Waals surface area contributed by atoms with E-state index in [1.54, 1.807) is 0 Å². The molecule has 2 aliphatic carbocycles. The van der Waals surface area contributed by atoms with Crippen LogP contribution in [0.2, 0.25) is 0 Å². The minimum absolute atomic E-state index is 0.147. The highest BCUT2D eigenvalue weighted by Gasteiger charge is 2.25. The van der Waals surface area contributed by atoms with E-state index in [1.165, 1.54) is 37.8 Å². The first-order valence-corrected chi connectivity index (χ1v) is 6.69. The zero-order chi connectivity index (χ0) is 11.7. The Labute approximate surface area is 101 Å². The molecule has 4 heteroatoms. The van der Waals surface area contributed by atoms with Gasteiger partial charge in [0.1, 0.15) is 0 Å². The average molecular weight is 233 g/mol. The molecule has 0 spiro atoms. The normalized spacial score (nSPS) is 21.4. The number of H-pyrrole nitrogens is 1. The molecule has 17 heavy (non-hydrogen) atoms. The first kappa shape index (κ1) is 10.8. The van der Waals surface area contributed by atoms with Crippen LogP contribution in [0.5, 0.6) is 0 Å². The maximum absolute atomic E-state index is 11.9. The van der Waals surface area contributed by atoms with Crippen molar-refractivity contribution in [3.05, 3.63) is 11.8 Å². The molecule has 1 aromatic rings. The Balaban J connectivity index is 1.60. The third kappa shape index (κ3) is 2.21. The zero-order valence-corrected chi connectivity index (χ0v) is 10.0. The van der Waals surface area contributed by atoms with Gasteiger partial charge in [-0.05, 0) is 25.7 Å². The number of hydrogen-bond acceptors (Lipinski definition) is 2. The zero-order valence-electron chi connectivity index (χ0n) is 10.0. The van der Waals surface area contributed by atoms with Gasteiger partial charge >= 0.3 is 0 Å². The van der Waals surface area contributed by atoms with Crippen LogP contribution in [0.25, 0.3) is 0 Å². The highest BCUT2D eigenvalue weighted by Crippen LogP contribution is 2.36. The molecule has 2 aliphatic rings. The lowest BCUT2D eigenvalue weighted by atomic mass is 9.83. The molecular weight excluding hydrogens is 214 g/mol. The minimum atomic E-state index is 0.147. The number of rotatable bonds is 3. The highest BCUT2D eigenvalue weighted by molar-refractivity contribution is 5.91. The van der Waals surface area contributed by atoms with E-state index in [-0.39, 0.29) is 11.8 Å². The van der Waals surface area contributed by atoms with Crippen LogP contribution in [0, 0.1) is 5.92 Å². The van der Waals surface area contributed by atoms with Crippen LogP contribution >= 0.6 is 0 Å². The summed E-state index contributed by atoms with van der Waals surface area (Å²) in [7, 11) is 0. The van der Waals surface area contributed by atoms with Crippen LogP contribution in [-0.4, -0.2) is 16.1 Å². The fourth-order valence-electron chi connectivity index (χ4n) is 2.75. The van der Waals surface area contributed by atoms with E-state index in [4.69, 9.17) is 0 Å². The van der Waals surface area contributed by atoms with Crippen LogP contribution < -0.4 is 5.32 Å². The third-order valence-corrected chi connectivity index (χ3v) is 4.12. The van der Waals surface area contributed by atoms with Crippen molar-refractivity contribution in [3.8, 4) is 0 Å². The largest absolute Gasteiger partial charge is 0.309 e. The number of aromatic amines is 1. The van der Waals surface area contributed by atoms with Gasteiger partial charge in [-0.1, -0.05) is 19.3 Å². The van der Waals surface area contributed by atoms with Gasteiger partial charge < -0.3 is 5.32 Å². The van der Waals surface area contributed by atoms with E-state index in [1.807, 2.05) is 6.07 Å². The smallest absolute Gasteiger partial charge is 0.228 e. The molecule has 2 fully saturated rings. The van der Waals surface area contributed by atoms with Crippen molar-refractivity contribution in [2.45, 2.75) is 50.9 Å². The molecule has 0 saturated heterocycles. The van der Waals surface area contributed by atoms with Gasteiger partial charge in [-0.15, -0.1) is 0 Å². The van der Waals surface area contributed by atoms with Crippen LogP contribution in [0.15, 0.2) is 6.07 Å². The van der Waals surface area contributed by atoms with Crippen molar-refractivity contribution in [1.82, 2.24) is 10.2 Å². The number of nitrogens with one attached hydrogen (secondary N) is 2. The Morgan fingerprint density at radius 1 is 1.24 bits per heavy atom. The Hall–Kier alpha value is -1.32. The van der Waals surface area contributed by atoms with Gasteiger partial charge in [0.2, 0.25) is 5.91 Å². The van der Waals surface area contributed by atoms with E-state index in [0.29, 0.717) is 11.7 Å². The molecule has 0 aromatic carbocycles. The second-order valence-corrected chi connectivity index (χ2v) is 5.31. The summed E-state index contributed by atoms with van der Waals surface area (Å²) in [5.41, 5.74) is 1.18. The molecule has 0 bridgehead atoms. The molecule has 1 amide bonds. The molecule has 0 unspecified atom stereocenters. The van der Waals surface area contributed by atoms with E-state index in [0.717, 1.165) is 12.8 Å². The third-order valence-electron chi connectivity index (χ3n) is 4.12. The summed E-state index contributed by atoms with van der Waals surface area (Å²) in [6.07, 6.45) is 8.25. The average Bonchev–Trinajstić information content (AvgIpc) is 2.85. The summed E-state index contributed by atoms with van der Waals surface area (Å²) in [5.74, 6) is 1.69. The maximum atomic E-state index is 11.9. The van der Waals surface area contributed by atoms with Crippen molar-refractivity contribution in [2.24, 2.45) is 5.92 Å². The molecule has 1 heterocycles. The lowest BCUT2D eigenvalue weighted by Crippen LogP contribution is -2.20. The maximum Gasteiger partial charge on any atom is 0.228 e. The number of hydrogen-bond donors (Lipinski definition) is 2. The number of carbonyl (C=O) groups is 1. The summed E-state index contributed by atoms with van der Waals surface area (Å²) in [4.78, 5) is 11.9. The summed E-state index contributed by atoms with van der Waals surface area (Å²) >= 11 is 0. The number of anilines is 1. The van der Waals surface area contributed by atoms with Crippen LogP contribution in [-0.2, 0) is 4.79 Å².